The molecule has 0 N–H and O–H groups in total. The summed E-state index contributed by atoms with van der Waals surface area (Å²) in [7, 11) is 0. The normalized spacial score (nSPS) is 17.6. The highest BCUT2D eigenvalue weighted by Gasteiger charge is 2.38. The smallest absolute Gasteiger partial charge is 0.0629 e. The summed E-state index contributed by atoms with van der Waals surface area (Å²) in [6.07, 6.45) is 9.06. The van der Waals surface area contributed by atoms with Crippen LogP contribution in [0, 0.1) is 0 Å². The van der Waals surface area contributed by atoms with Gasteiger partial charge in [-0.3, -0.25) is 0 Å². The minimum absolute atomic E-state index is 0.0912. The quantitative estimate of drug-likeness (QED) is 0.182. The lowest BCUT2D eigenvalue weighted by Crippen LogP contribution is -2.28. The molecule has 0 saturated heterocycles. The van der Waals surface area contributed by atoms with Crippen LogP contribution in [0.2, 0.25) is 0 Å². The summed E-state index contributed by atoms with van der Waals surface area (Å²) in [5.41, 5.74) is 15.1. The van der Waals surface area contributed by atoms with Gasteiger partial charge >= 0.3 is 0 Å². The molecule has 0 radical (unpaired) electrons. The molecule has 1 aliphatic heterocycles. The van der Waals surface area contributed by atoms with Crippen LogP contribution in [0.5, 0.6) is 0 Å². The predicted octanol–water partition coefficient (Wildman–Crippen LogP) is 13.0. The van der Waals surface area contributed by atoms with Gasteiger partial charge in [0.15, 0.2) is 0 Å². The van der Waals surface area contributed by atoms with Crippen LogP contribution in [0.4, 0.5) is 28.4 Å². The van der Waals surface area contributed by atoms with Gasteiger partial charge in [-0.2, -0.15) is 0 Å². The van der Waals surface area contributed by atoms with Gasteiger partial charge in [0, 0.05) is 39.8 Å². The summed E-state index contributed by atoms with van der Waals surface area (Å²) < 4.78 is 0. The fourth-order valence-corrected chi connectivity index (χ4v) is 8.82. The summed E-state index contributed by atoms with van der Waals surface area (Å²) in [6.45, 7) is 4.72. The average Bonchev–Trinajstić information content (AvgIpc) is 3.64. The van der Waals surface area contributed by atoms with Crippen molar-refractivity contribution >= 4 is 39.2 Å². The summed E-state index contributed by atoms with van der Waals surface area (Å²) in [5.74, 6) is 0.360. The highest BCUT2D eigenvalue weighted by Crippen LogP contribution is 2.51. The minimum Gasteiger partial charge on any atom is -0.333 e. The molecule has 2 heteroatoms. The second-order valence-electron chi connectivity index (χ2n) is 14.6. The maximum Gasteiger partial charge on any atom is 0.0629 e. The highest BCUT2D eigenvalue weighted by atomic mass is 15.2. The van der Waals surface area contributed by atoms with Crippen LogP contribution in [0.1, 0.15) is 36.5 Å². The van der Waals surface area contributed by atoms with E-state index in [1.165, 1.54) is 61.1 Å². The molecule has 0 amide bonds. The van der Waals surface area contributed by atoms with Crippen LogP contribution in [-0.4, -0.2) is 6.04 Å². The molecule has 244 valence electrons. The summed E-state index contributed by atoms with van der Waals surface area (Å²) >= 11 is 0. The van der Waals surface area contributed by atoms with E-state index in [4.69, 9.17) is 0 Å². The third-order valence-electron chi connectivity index (χ3n) is 11.4. The van der Waals surface area contributed by atoms with E-state index in [1.54, 1.807) is 0 Å². The van der Waals surface area contributed by atoms with Gasteiger partial charge in [0.05, 0.1) is 6.04 Å². The SMILES string of the molecule is CC1(C)c2ccccc2-c2ccc(N(c3ccc(N4c5ccccc5C5C=CC=CC54)cc3)c3cccc(-c4ccc5ccccc5c4)c3)cc21. The molecular formula is C49H38N2. The molecule has 3 aliphatic rings. The van der Waals surface area contributed by atoms with Gasteiger partial charge in [0.2, 0.25) is 0 Å². The Hall–Kier alpha value is -6.12. The molecule has 2 aliphatic carbocycles. The molecule has 0 fully saturated rings. The van der Waals surface area contributed by atoms with Gasteiger partial charge in [0.25, 0.3) is 0 Å². The average molecular weight is 655 g/mol. The minimum atomic E-state index is -0.0912. The Morgan fingerprint density at radius 1 is 0.510 bits per heavy atom. The number of nitrogens with zero attached hydrogens (tertiary/aromatic N) is 2. The van der Waals surface area contributed by atoms with E-state index in [-0.39, 0.29) is 11.5 Å². The first-order valence-electron chi connectivity index (χ1n) is 18.0. The molecule has 51 heavy (non-hydrogen) atoms. The van der Waals surface area contributed by atoms with Gasteiger partial charge in [-0.15, -0.1) is 0 Å². The van der Waals surface area contributed by atoms with Crippen LogP contribution in [0.15, 0.2) is 182 Å². The molecule has 2 atom stereocenters. The third-order valence-corrected chi connectivity index (χ3v) is 11.4. The maximum absolute atomic E-state index is 2.50. The van der Waals surface area contributed by atoms with Crippen LogP contribution in [-0.2, 0) is 5.41 Å². The largest absolute Gasteiger partial charge is 0.333 e. The summed E-state index contributed by atoms with van der Waals surface area (Å²) in [5, 5.41) is 2.51. The predicted molar refractivity (Wildman–Crippen MR) is 215 cm³/mol. The highest BCUT2D eigenvalue weighted by molar-refractivity contribution is 5.90. The van der Waals surface area contributed by atoms with Gasteiger partial charge in [-0.05, 0) is 110 Å². The Bertz CT molecular complexity index is 2540. The Kier molecular flexibility index (Phi) is 6.69. The molecule has 1 heterocycles. The molecule has 2 unspecified atom stereocenters. The van der Waals surface area contributed by atoms with Crippen molar-refractivity contribution in [2.75, 3.05) is 9.80 Å². The van der Waals surface area contributed by atoms with E-state index < -0.39 is 0 Å². The molecule has 0 bridgehead atoms. The Morgan fingerprint density at radius 2 is 1.22 bits per heavy atom. The van der Waals surface area contributed by atoms with Crippen molar-refractivity contribution in [2.45, 2.75) is 31.2 Å². The van der Waals surface area contributed by atoms with Gasteiger partial charge in [0.1, 0.15) is 0 Å². The zero-order valence-electron chi connectivity index (χ0n) is 28.9. The lowest BCUT2D eigenvalue weighted by Gasteiger charge is -2.31. The first kappa shape index (κ1) is 29.8. The number of rotatable bonds is 5. The van der Waals surface area contributed by atoms with E-state index in [2.05, 4.69) is 206 Å². The van der Waals surface area contributed by atoms with Gasteiger partial charge in [-0.1, -0.05) is 135 Å². The van der Waals surface area contributed by atoms with Crippen LogP contribution < -0.4 is 9.80 Å². The molecular weight excluding hydrogens is 617 g/mol. The second-order valence-corrected chi connectivity index (χ2v) is 14.6. The number of allylic oxidation sites excluding steroid dienone is 2. The topological polar surface area (TPSA) is 6.48 Å². The maximum atomic E-state index is 2.50. The summed E-state index contributed by atoms with van der Waals surface area (Å²) in [4.78, 5) is 4.93. The van der Waals surface area contributed by atoms with Crippen molar-refractivity contribution in [2.24, 2.45) is 0 Å². The molecule has 7 aromatic rings. The first-order valence-corrected chi connectivity index (χ1v) is 18.0. The van der Waals surface area contributed by atoms with Crippen molar-refractivity contribution in [1.29, 1.82) is 0 Å². The van der Waals surface area contributed by atoms with Crippen molar-refractivity contribution in [1.82, 2.24) is 0 Å². The molecule has 0 spiro atoms. The van der Waals surface area contributed by atoms with E-state index in [1.807, 2.05) is 0 Å². The molecule has 7 aromatic carbocycles. The van der Waals surface area contributed by atoms with E-state index in [9.17, 15) is 0 Å². The molecule has 2 nitrogen and oxygen atoms in total. The molecule has 0 aromatic heterocycles. The number of benzene rings is 7. The number of hydrogen-bond donors (Lipinski definition) is 0. The van der Waals surface area contributed by atoms with Crippen LogP contribution >= 0.6 is 0 Å². The fourth-order valence-electron chi connectivity index (χ4n) is 8.82. The zero-order chi connectivity index (χ0) is 34.1. The Labute approximate surface area is 300 Å². The molecule has 0 saturated carbocycles. The first-order chi connectivity index (χ1) is 25.0. The number of fused-ring (bicyclic) bond motifs is 7. The van der Waals surface area contributed by atoms with Crippen LogP contribution in [0.25, 0.3) is 33.0 Å². The fraction of sp³-hybridized carbons (Fsp3) is 0.102. The lowest BCUT2D eigenvalue weighted by molar-refractivity contribution is 0.660. The number of para-hydroxylation sites is 1. The summed E-state index contributed by atoms with van der Waals surface area (Å²) in [6, 6.07) is 58.6. The standard InChI is InChI=1S/C49H38N2/c1-49(2)45-19-8-5-16-41(45)42-29-28-40(32-46(42)49)50(39-15-11-14-35(31-39)36-23-22-33-12-3-4-13-34(33)30-36)37-24-26-38(27-25-37)51-47-20-9-6-17-43(47)44-18-7-10-21-48(44)51/h3-32,43,47H,1-2H3. The Morgan fingerprint density at radius 3 is 2.12 bits per heavy atom. The molecule has 10 rings (SSSR count). The van der Waals surface area contributed by atoms with Crippen molar-refractivity contribution in [3.8, 4) is 22.3 Å². The van der Waals surface area contributed by atoms with E-state index in [0.29, 0.717) is 5.92 Å². The van der Waals surface area contributed by atoms with Crippen molar-refractivity contribution < 1.29 is 0 Å². The van der Waals surface area contributed by atoms with E-state index >= 15 is 0 Å². The lowest BCUT2D eigenvalue weighted by atomic mass is 9.82. The van der Waals surface area contributed by atoms with Gasteiger partial charge < -0.3 is 9.80 Å². The van der Waals surface area contributed by atoms with Crippen molar-refractivity contribution in [3.63, 3.8) is 0 Å². The third kappa shape index (κ3) is 4.71. The monoisotopic (exact) mass is 654 g/mol. The van der Waals surface area contributed by atoms with Gasteiger partial charge in [-0.25, -0.2) is 0 Å². The van der Waals surface area contributed by atoms with E-state index in [0.717, 1.165) is 17.1 Å². The van der Waals surface area contributed by atoms with Crippen LogP contribution in [0.3, 0.4) is 0 Å². The number of anilines is 5. The second kappa shape index (κ2) is 11.5. The van der Waals surface area contributed by atoms with Crippen molar-refractivity contribution in [3.05, 3.63) is 199 Å². The number of hydrogen-bond acceptors (Lipinski definition) is 2. The Balaban J connectivity index is 1.10. The zero-order valence-corrected chi connectivity index (χ0v) is 28.9.